The van der Waals surface area contributed by atoms with Gasteiger partial charge in [-0.2, -0.15) is 0 Å². The molecular weight excluding hydrogens is 234 g/mol. The zero-order valence-corrected chi connectivity index (χ0v) is 11.1. The minimum Gasteiger partial charge on any atom is -0.490 e. The van der Waals surface area contributed by atoms with Crippen LogP contribution in [0.5, 0.6) is 5.75 Å². The third kappa shape index (κ3) is 2.99. The summed E-state index contributed by atoms with van der Waals surface area (Å²) in [5.74, 6) is 1.65. The number of hydrogen-bond acceptors (Lipinski definition) is 6. The van der Waals surface area contributed by atoms with Crippen LogP contribution in [0.4, 0.5) is 11.6 Å². The third-order valence-electron chi connectivity index (χ3n) is 2.52. The first-order chi connectivity index (χ1) is 8.67. The lowest BCUT2D eigenvalue weighted by molar-refractivity contribution is -0.119. The van der Waals surface area contributed by atoms with E-state index in [1.807, 2.05) is 11.8 Å². The van der Waals surface area contributed by atoms with Crippen molar-refractivity contribution < 1.29 is 9.53 Å². The van der Waals surface area contributed by atoms with Crippen LogP contribution >= 0.6 is 0 Å². The molecule has 1 aromatic rings. The van der Waals surface area contributed by atoms with Gasteiger partial charge >= 0.3 is 0 Å². The Bertz CT molecular complexity index is 410. The van der Waals surface area contributed by atoms with E-state index in [1.54, 1.807) is 21.2 Å². The van der Waals surface area contributed by atoms with Crippen molar-refractivity contribution >= 4 is 17.5 Å². The van der Waals surface area contributed by atoms with E-state index in [1.165, 1.54) is 6.33 Å². The molecule has 0 aliphatic carbocycles. The zero-order valence-electron chi connectivity index (χ0n) is 11.1. The second-order valence-electron chi connectivity index (χ2n) is 3.52. The number of hydrogen-bond donors (Lipinski definition) is 2. The molecule has 0 unspecified atom stereocenters. The fourth-order valence-electron chi connectivity index (χ4n) is 1.54. The number of aromatic nitrogens is 2. The Balaban J connectivity index is 3.08. The average Bonchev–Trinajstić information content (AvgIpc) is 2.43. The molecular formula is C11H19N5O2. The summed E-state index contributed by atoms with van der Waals surface area (Å²) in [5.41, 5.74) is 0. The highest BCUT2D eigenvalue weighted by atomic mass is 16.5. The zero-order chi connectivity index (χ0) is 13.5. The van der Waals surface area contributed by atoms with Gasteiger partial charge in [0, 0.05) is 20.6 Å². The summed E-state index contributed by atoms with van der Waals surface area (Å²) in [6, 6.07) is 0. The lowest BCUT2D eigenvalue weighted by Crippen LogP contribution is -2.36. The minimum atomic E-state index is -0.0801. The lowest BCUT2D eigenvalue weighted by atomic mass is 10.4. The van der Waals surface area contributed by atoms with Gasteiger partial charge in [0.1, 0.15) is 6.33 Å². The number of nitrogens with one attached hydrogen (secondary N) is 2. The number of carbonyl (C=O) groups excluding carboxylic acids is 1. The van der Waals surface area contributed by atoms with E-state index in [9.17, 15) is 4.79 Å². The van der Waals surface area contributed by atoms with Gasteiger partial charge < -0.3 is 20.3 Å². The second-order valence-corrected chi connectivity index (χ2v) is 3.52. The molecule has 1 rings (SSSR count). The van der Waals surface area contributed by atoms with Gasteiger partial charge in [-0.15, -0.1) is 0 Å². The Hall–Kier alpha value is -2.05. The highest BCUT2D eigenvalue weighted by Crippen LogP contribution is 2.31. The molecule has 1 heterocycles. The SMILES string of the molecule is CCN(CC(=O)NC)c1ncnc(NC)c1OC. The molecule has 0 aromatic carbocycles. The average molecular weight is 253 g/mol. The summed E-state index contributed by atoms with van der Waals surface area (Å²) < 4.78 is 5.30. The molecule has 0 radical (unpaired) electrons. The summed E-state index contributed by atoms with van der Waals surface area (Å²) in [6.07, 6.45) is 1.44. The second kappa shape index (κ2) is 6.63. The smallest absolute Gasteiger partial charge is 0.239 e. The van der Waals surface area contributed by atoms with Gasteiger partial charge in [-0.25, -0.2) is 9.97 Å². The number of amides is 1. The number of anilines is 2. The van der Waals surface area contributed by atoms with Crippen LogP contribution in [-0.2, 0) is 4.79 Å². The van der Waals surface area contributed by atoms with Gasteiger partial charge in [-0.1, -0.05) is 0 Å². The van der Waals surface area contributed by atoms with E-state index in [0.29, 0.717) is 23.9 Å². The number of methoxy groups -OCH3 is 1. The Morgan fingerprint density at radius 2 is 2.17 bits per heavy atom. The molecule has 1 aromatic heterocycles. The number of rotatable bonds is 6. The fourth-order valence-corrected chi connectivity index (χ4v) is 1.54. The normalized spacial score (nSPS) is 9.78. The topological polar surface area (TPSA) is 79.4 Å². The predicted octanol–water partition coefficient (Wildman–Crippen LogP) is 0.0992. The van der Waals surface area contributed by atoms with Crippen molar-refractivity contribution in [2.75, 3.05) is 44.5 Å². The molecule has 2 N–H and O–H groups in total. The summed E-state index contributed by atoms with van der Waals surface area (Å²) >= 11 is 0. The maximum atomic E-state index is 11.5. The number of ether oxygens (including phenoxy) is 1. The van der Waals surface area contributed by atoms with Crippen molar-refractivity contribution in [1.29, 1.82) is 0 Å². The maximum Gasteiger partial charge on any atom is 0.239 e. The fraction of sp³-hybridized carbons (Fsp3) is 0.545. The van der Waals surface area contributed by atoms with Gasteiger partial charge in [0.25, 0.3) is 0 Å². The van der Waals surface area contributed by atoms with Crippen molar-refractivity contribution in [3.05, 3.63) is 6.33 Å². The molecule has 0 spiro atoms. The van der Waals surface area contributed by atoms with Crippen LogP contribution < -0.4 is 20.3 Å². The van der Waals surface area contributed by atoms with Crippen LogP contribution in [0.25, 0.3) is 0 Å². The largest absolute Gasteiger partial charge is 0.490 e. The van der Waals surface area contributed by atoms with E-state index in [-0.39, 0.29) is 12.5 Å². The van der Waals surface area contributed by atoms with Gasteiger partial charge in [0.2, 0.25) is 11.7 Å². The van der Waals surface area contributed by atoms with Crippen LogP contribution in [0.2, 0.25) is 0 Å². The maximum absolute atomic E-state index is 11.5. The third-order valence-corrected chi connectivity index (χ3v) is 2.52. The van der Waals surface area contributed by atoms with Crippen molar-refractivity contribution in [2.45, 2.75) is 6.92 Å². The van der Waals surface area contributed by atoms with Crippen LogP contribution in [0.15, 0.2) is 6.33 Å². The first kappa shape index (κ1) is 14.0. The van der Waals surface area contributed by atoms with E-state index in [4.69, 9.17) is 4.74 Å². The molecule has 0 atom stereocenters. The molecule has 100 valence electrons. The Labute approximate surface area is 107 Å². The highest BCUT2D eigenvalue weighted by molar-refractivity contribution is 5.81. The molecule has 0 saturated heterocycles. The van der Waals surface area contributed by atoms with E-state index < -0.39 is 0 Å². The van der Waals surface area contributed by atoms with Gasteiger partial charge in [-0.05, 0) is 6.92 Å². The molecule has 0 aliphatic heterocycles. The predicted molar refractivity (Wildman–Crippen MR) is 70.1 cm³/mol. The summed E-state index contributed by atoms with van der Waals surface area (Å²) in [5, 5.41) is 5.51. The van der Waals surface area contributed by atoms with Crippen LogP contribution in [0, 0.1) is 0 Å². The van der Waals surface area contributed by atoms with Gasteiger partial charge in [-0.3, -0.25) is 4.79 Å². The van der Waals surface area contributed by atoms with Gasteiger partial charge in [0.05, 0.1) is 13.7 Å². The van der Waals surface area contributed by atoms with Crippen molar-refractivity contribution in [3.63, 3.8) is 0 Å². The number of carbonyl (C=O) groups is 1. The molecule has 18 heavy (non-hydrogen) atoms. The molecule has 0 saturated carbocycles. The lowest BCUT2D eigenvalue weighted by Gasteiger charge is -2.23. The number of nitrogens with zero attached hydrogens (tertiary/aromatic N) is 3. The highest BCUT2D eigenvalue weighted by Gasteiger charge is 2.18. The van der Waals surface area contributed by atoms with Crippen molar-refractivity contribution in [3.8, 4) is 5.75 Å². The van der Waals surface area contributed by atoms with Crippen LogP contribution in [-0.4, -0.2) is 50.2 Å². The molecule has 0 bridgehead atoms. The minimum absolute atomic E-state index is 0.0801. The molecule has 0 aliphatic rings. The van der Waals surface area contributed by atoms with E-state index in [2.05, 4.69) is 20.6 Å². The standard InChI is InChI=1S/C11H19N5O2/c1-5-16(6-8(17)12-2)11-9(18-4)10(13-3)14-7-15-11/h7H,5-6H2,1-4H3,(H,12,17)(H,13,14,15). The van der Waals surface area contributed by atoms with Crippen LogP contribution in [0.3, 0.4) is 0 Å². The molecule has 1 amide bonds. The van der Waals surface area contributed by atoms with Crippen molar-refractivity contribution in [2.24, 2.45) is 0 Å². The monoisotopic (exact) mass is 253 g/mol. The van der Waals surface area contributed by atoms with E-state index in [0.717, 1.165) is 0 Å². The summed E-state index contributed by atoms with van der Waals surface area (Å²) in [6.45, 7) is 2.82. The summed E-state index contributed by atoms with van der Waals surface area (Å²) in [7, 11) is 4.91. The van der Waals surface area contributed by atoms with Crippen molar-refractivity contribution in [1.82, 2.24) is 15.3 Å². The van der Waals surface area contributed by atoms with Gasteiger partial charge in [0.15, 0.2) is 11.6 Å². The quantitative estimate of drug-likeness (QED) is 0.748. The Morgan fingerprint density at radius 3 is 2.67 bits per heavy atom. The summed E-state index contributed by atoms with van der Waals surface area (Å²) in [4.78, 5) is 21.5. The van der Waals surface area contributed by atoms with E-state index >= 15 is 0 Å². The number of likely N-dealkylation sites (N-methyl/N-ethyl adjacent to an activating group) is 2. The first-order valence-electron chi connectivity index (χ1n) is 5.70. The molecule has 7 nitrogen and oxygen atoms in total. The molecule has 7 heteroatoms. The Morgan fingerprint density at radius 1 is 1.44 bits per heavy atom. The first-order valence-corrected chi connectivity index (χ1v) is 5.70. The Kier molecular flexibility index (Phi) is 5.16. The van der Waals surface area contributed by atoms with Crippen LogP contribution in [0.1, 0.15) is 6.92 Å². The molecule has 0 fully saturated rings.